The molecule has 0 amide bonds. The Balaban J connectivity index is -0.000000200. The summed E-state index contributed by atoms with van der Waals surface area (Å²) in [6.45, 7) is 7.10. The molecule has 0 heterocycles. The Morgan fingerprint density at radius 1 is 1.11 bits per heavy atom. The Morgan fingerprint density at radius 3 is 1.44 bits per heavy atom. The van der Waals surface area contributed by atoms with E-state index in [2.05, 4.69) is 4.74 Å². The van der Waals surface area contributed by atoms with Crippen LogP contribution in [0.5, 0.6) is 0 Å². The molecule has 106 valence electrons. The largest absolute Gasteiger partial charge is 0.478 e. The quantitative estimate of drug-likeness (QED) is 0.506. The first-order chi connectivity index (χ1) is 8.13. The molecule has 0 aliphatic carbocycles. The Bertz CT molecular complexity index is 250. The van der Waals surface area contributed by atoms with E-state index in [0.717, 1.165) is 0 Å². The fraction of sp³-hybridized carbons (Fsp3) is 0.545. The van der Waals surface area contributed by atoms with Crippen molar-refractivity contribution in [2.75, 3.05) is 6.61 Å². The second-order valence-electron chi connectivity index (χ2n) is 3.03. The third-order valence-corrected chi connectivity index (χ3v) is 0.716. The summed E-state index contributed by atoms with van der Waals surface area (Å²) < 4.78 is 4.40. The highest BCUT2D eigenvalue weighted by atomic mass is 16.5. The zero-order chi connectivity index (χ0) is 15.1. The second kappa shape index (κ2) is 15.1. The number of hydrogen-bond acceptors (Lipinski definition) is 5. The lowest BCUT2D eigenvalue weighted by atomic mass is 10.5. The number of hydrogen-bond donors (Lipinski definition) is 3. The highest BCUT2D eigenvalue weighted by molar-refractivity contribution is 5.89. The van der Waals surface area contributed by atoms with Crippen molar-refractivity contribution in [2.24, 2.45) is 0 Å². The molecule has 7 nitrogen and oxygen atoms in total. The molecule has 0 atom stereocenters. The van der Waals surface area contributed by atoms with Crippen LogP contribution in [0.1, 0.15) is 27.7 Å². The van der Waals surface area contributed by atoms with Gasteiger partial charge in [-0.15, -0.1) is 0 Å². The van der Waals surface area contributed by atoms with Gasteiger partial charge in [0.25, 0.3) is 0 Å². The minimum atomic E-state index is -1.26. The zero-order valence-corrected chi connectivity index (χ0v) is 10.9. The number of ether oxygens (including phenoxy) is 1. The van der Waals surface area contributed by atoms with Gasteiger partial charge in [0, 0.05) is 25.2 Å². The molecule has 0 spiro atoms. The molecule has 0 rings (SSSR count). The molecular formula is C11H20O7. The van der Waals surface area contributed by atoms with Crippen LogP contribution in [-0.2, 0) is 19.1 Å². The molecule has 18 heavy (non-hydrogen) atoms. The number of aliphatic hydroxyl groups excluding tert-OH is 1. The van der Waals surface area contributed by atoms with Gasteiger partial charge in [-0.3, -0.25) is 4.79 Å². The van der Waals surface area contributed by atoms with Crippen molar-refractivity contribution in [3.05, 3.63) is 12.2 Å². The second-order valence-corrected chi connectivity index (χ2v) is 3.03. The van der Waals surface area contributed by atoms with Gasteiger partial charge < -0.3 is 20.1 Å². The van der Waals surface area contributed by atoms with Gasteiger partial charge in [-0.05, 0) is 20.8 Å². The number of aliphatic carboxylic acids is 2. The van der Waals surface area contributed by atoms with Crippen LogP contribution in [0.3, 0.4) is 0 Å². The van der Waals surface area contributed by atoms with Crippen LogP contribution in [0.2, 0.25) is 0 Å². The van der Waals surface area contributed by atoms with Crippen LogP contribution in [0.4, 0.5) is 0 Å². The average molecular weight is 264 g/mol. The maximum absolute atomic E-state index is 9.82. The predicted octanol–water partition coefficient (Wildman–Crippen LogP) is 0.668. The summed E-state index contributed by atoms with van der Waals surface area (Å²) in [5.74, 6) is -2.72. The summed E-state index contributed by atoms with van der Waals surface area (Å²) in [4.78, 5) is 28.9. The number of carbonyl (C=O) groups is 3. The maximum Gasteiger partial charge on any atom is 0.328 e. The monoisotopic (exact) mass is 264 g/mol. The van der Waals surface area contributed by atoms with Crippen molar-refractivity contribution >= 4 is 17.9 Å². The molecule has 0 saturated heterocycles. The summed E-state index contributed by atoms with van der Waals surface area (Å²) in [7, 11) is 0. The number of carboxylic acids is 2. The van der Waals surface area contributed by atoms with Crippen molar-refractivity contribution in [1.29, 1.82) is 0 Å². The Hall–Kier alpha value is -1.89. The van der Waals surface area contributed by atoms with Gasteiger partial charge in [0.2, 0.25) is 0 Å². The molecule has 7 heteroatoms. The third-order valence-electron chi connectivity index (χ3n) is 0.716. The molecular weight excluding hydrogens is 244 g/mol. The van der Waals surface area contributed by atoms with Crippen molar-refractivity contribution in [2.45, 2.75) is 33.8 Å². The molecule has 3 N–H and O–H groups in total. The zero-order valence-electron chi connectivity index (χ0n) is 10.9. The molecule has 0 unspecified atom stereocenters. The molecule has 0 fully saturated rings. The molecule has 0 radical (unpaired) electrons. The Labute approximate surface area is 106 Å². The predicted molar refractivity (Wildman–Crippen MR) is 64.1 cm³/mol. The first-order valence-electron chi connectivity index (χ1n) is 5.08. The van der Waals surface area contributed by atoms with E-state index >= 15 is 0 Å². The van der Waals surface area contributed by atoms with E-state index in [1.165, 1.54) is 6.92 Å². The van der Waals surface area contributed by atoms with Gasteiger partial charge in [-0.25, -0.2) is 9.59 Å². The molecule has 0 aromatic carbocycles. The number of esters is 1. The molecule has 0 aliphatic heterocycles. The normalized spacial score (nSPS) is 8.78. The van der Waals surface area contributed by atoms with Gasteiger partial charge in [0.15, 0.2) is 0 Å². The summed E-state index contributed by atoms with van der Waals surface area (Å²) in [5.41, 5.74) is 0. The van der Waals surface area contributed by atoms with Crippen LogP contribution >= 0.6 is 0 Å². The van der Waals surface area contributed by atoms with Crippen molar-refractivity contribution in [3.8, 4) is 0 Å². The van der Waals surface area contributed by atoms with E-state index < -0.39 is 11.9 Å². The standard InChI is InChI=1S/C4H4O4.C4H8O2.C3H8O/c5-3(6)1-2-4(7)8;1-3-6-4(2)5;1-3(2)4/h1-2H,(H,5,6)(H,7,8);3H2,1-2H3;3-4H,1-2H3/b2-1-;;. The maximum atomic E-state index is 9.82. The lowest BCUT2D eigenvalue weighted by molar-refractivity contribution is -0.140. The highest BCUT2D eigenvalue weighted by Crippen LogP contribution is 1.70. The average Bonchev–Trinajstić information content (AvgIpc) is 2.14. The topological polar surface area (TPSA) is 121 Å². The molecule has 0 aliphatic rings. The molecule has 0 aromatic rings. The van der Waals surface area contributed by atoms with Crippen LogP contribution < -0.4 is 0 Å². The lowest BCUT2D eigenvalue weighted by Gasteiger charge is -1.89. The minimum Gasteiger partial charge on any atom is -0.478 e. The smallest absolute Gasteiger partial charge is 0.328 e. The first kappa shape index (κ1) is 21.4. The van der Waals surface area contributed by atoms with E-state index in [1.54, 1.807) is 20.8 Å². The lowest BCUT2D eigenvalue weighted by Crippen LogP contribution is -1.95. The van der Waals surface area contributed by atoms with Crippen molar-refractivity contribution in [1.82, 2.24) is 0 Å². The third kappa shape index (κ3) is 65.0. The van der Waals surface area contributed by atoms with Gasteiger partial charge in [0.1, 0.15) is 0 Å². The van der Waals surface area contributed by atoms with Gasteiger partial charge >= 0.3 is 17.9 Å². The van der Waals surface area contributed by atoms with Gasteiger partial charge in [0.05, 0.1) is 6.61 Å². The Kier molecular flexibility index (Phi) is 18.0. The van der Waals surface area contributed by atoms with E-state index in [0.29, 0.717) is 18.8 Å². The van der Waals surface area contributed by atoms with E-state index in [-0.39, 0.29) is 12.1 Å². The molecule has 0 saturated carbocycles. The summed E-state index contributed by atoms with van der Waals surface area (Å²) >= 11 is 0. The summed E-state index contributed by atoms with van der Waals surface area (Å²) in [6, 6.07) is 0. The van der Waals surface area contributed by atoms with E-state index in [1.807, 2.05) is 0 Å². The minimum absolute atomic E-state index is 0.167. The number of carbonyl (C=O) groups excluding carboxylic acids is 1. The van der Waals surface area contributed by atoms with Crippen LogP contribution in [0.25, 0.3) is 0 Å². The SMILES string of the molecule is CC(C)O.CCOC(C)=O.O=C(O)/C=C\C(=O)O. The fourth-order valence-corrected chi connectivity index (χ4v) is 0.346. The van der Waals surface area contributed by atoms with Crippen LogP contribution in [-0.4, -0.2) is 45.9 Å². The number of aliphatic hydroxyl groups is 1. The van der Waals surface area contributed by atoms with Gasteiger partial charge in [-0.1, -0.05) is 0 Å². The molecule has 0 bridgehead atoms. The van der Waals surface area contributed by atoms with Crippen molar-refractivity contribution < 1.29 is 34.4 Å². The van der Waals surface area contributed by atoms with Crippen LogP contribution in [0.15, 0.2) is 12.2 Å². The van der Waals surface area contributed by atoms with E-state index in [9.17, 15) is 14.4 Å². The number of carboxylic acid groups (broad SMARTS) is 2. The summed E-state index contributed by atoms with van der Waals surface area (Å²) in [6.07, 6.45) is 0.949. The van der Waals surface area contributed by atoms with Crippen molar-refractivity contribution in [3.63, 3.8) is 0 Å². The van der Waals surface area contributed by atoms with E-state index in [4.69, 9.17) is 15.3 Å². The first-order valence-corrected chi connectivity index (χ1v) is 5.08. The Morgan fingerprint density at radius 2 is 1.39 bits per heavy atom. The molecule has 0 aromatic heterocycles. The fourth-order valence-electron chi connectivity index (χ4n) is 0.346. The number of rotatable bonds is 3. The van der Waals surface area contributed by atoms with Gasteiger partial charge in [-0.2, -0.15) is 0 Å². The summed E-state index contributed by atoms with van der Waals surface area (Å²) in [5, 5.41) is 23.7. The highest BCUT2D eigenvalue weighted by Gasteiger charge is 1.88. The van der Waals surface area contributed by atoms with Crippen LogP contribution in [0, 0.1) is 0 Å².